The minimum Gasteiger partial charge on any atom is -0.486 e. The molecular formula is C18H13F3N4O3. The Bertz CT molecular complexity index is 1020. The molecule has 1 aliphatic rings. The number of amides is 1. The average Bonchev–Trinajstić information content (AvgIpc) is 3.21. The summed E-state index contributed by atoms with van der Waals surface area (Å²) >= 11 is 0. The van der Waals surface area contributed by atoms with E-state index in [1.54, 1.807) is 6.07 Å². The first-order chi connectivity index (χ1) is 13.4. The minimum absolute atomic E-state index is 0.0554. The summed E-state index contributed by atoms with van der Waals surface area (Å²) in [6.45, 7) is 0.756. The van der Waals surface area contributed by atoms with Crippen LogP contribution in [-0.4, -0.2) is 33.9 Å². The van der Waals surface area contributed by atoms with Gasteiger partial charge in [-0.25, -0.2) is 9.67 Å². The predicted octanol–water partition coefficient (Wildman–Crippen LogP) is 3.31. The van der Waals surface area contributed by atoms with Gasteiger partial charge in [-0.2, -0.15) is 18.3 Å². The number of carbonyl (C=O) groups is 1. The van der Waals surface area contributed by atoms with Gasteiger partial charge in [0.05, 0.1) is 16.9 Å². The summed E-state index contributed by atoms with van der Waals surface area (Å²) in [6.07, 6.45) is -2.00. The van der Waals surface area contributed by atoms with E-state index in [0.29, 0.717) is 24.7 Å². The molecule has 3 aromatic rings. The van der Waals surface area contributed by atoms with E-state index in [1.165, 1.54) is 35.5 Å². The number of aromatic nitrogens is 3. The summed E-state index contributed by atoms with van der Waals surface area (Å²) in [5.74, 6) is 0.308. The van der Waals surface area contributed by atoms with Crippen LogP contribution in [0.1, 0.15) is 15.9 Å². The van der Waals surface area contributed by atoms with Crippen molar-refractivity contribution in [3.8, 4) is 17.2 Å². The van der Waals surface area contributed by atoms with Crippen molar-refractivity contribution < 1.29 is 27.4 Å². The molecule has 1 N–H and O–H groups in total. The van der Waals surface area contributed by atoms with Gasteiger partial charge in [0, 0.05) is 5.56 Å². The molecule has 0 saturated heterocycles. The Kier molecular flexibility index (Phi) is 4.38. The highest BCUT2D eigenvalue weighted by molar-refractivity contribution is 6.05. The van der Waals surface area contributed by atoms with Crippen LogP contribution in [0.4, 0.5) is 18.9 Å². The fraction of sp³-hybridized carbons (Fsp3) is 0.167. The number of hydrogen-bond acceptors (Lipinski definition) is 5. The highest BCUT2D eigenvalue weighted by Gasteiger charge is 2.31. The molecule has 1 aliphatic heterocycles. The Labute approximate surface area is 156 Å². The van der Waals surface area contributed by atoms with Crippen LogP contribution in [0.5, 0.6) is 11.5 Å². The molecule has 10 heteroatoms. The highest BCUT2D eigenvalue weighted by Crippen LogP contribution is 2.34. The Hall–Kier alpha value is -3.56. The third kappa shape index (κ3) is 3.48. The molecule has 1 aromatic heterocycles. The third-order valence-corrected chi connectivity index (χ3v) is 4.04. The van der Waals surface area contributed by atoms with Crippen molar-refractivity contribution in [2.45, 2.75) is 6.18 Å². The van der Waals surface area contributed by atoms with E-state index >= 15 is 0 Å². The second kappa shape index (κ2) is 6.87. The van der Waals surface area contributed by atoms with Crippen LogP contribution in [0, 0.1) is 0 Å². The number of alkyl halides is 3. The number of fused-ring (bicyclic) bond motifs is 1. The second-order valence-electron chi connectivity index (χ2n) is 5.88. The maximum Gasteiger partial charge on any atom is 0.416 e. The lowest BCUT2D eigenvalue weighted by atomic mass is 10.1. The largest absolute Gasteiger partial charge is 0.486 e. The smallest absolute Gasteiger partial charge is 0.416 e. The molecule has 2 heterocycles. The van der Waals surface area contributed by atoms with Crippen molar-refractivity contribution in [3.05, 3.63) is 60.2 Å². The SMILES string of the molecule is O=C(Nc1cc(C(F)(F)F)ccc1-n1cncn1)c1ccc2c(c1)OCCO2. The van der Waals surface area contributed by atoms with Gasteiger partial charge < -0.3 is 14.8 Å². The van der Waals surface area contributed by atoms with Crippen molar-refractivity contribution in [3.63, 3.8) is 0 Å². The molecule has 0 bridgehead atoms. The zero-order valence-corrected chi connectivity index (χ0v) is 14.2. The second-order valence-corrected chi connectivity index (χ2v) is 5.88. The van der Waals surface area contributed by atoms with E-state index in [2.05, 4.69) is 15.4 Å². The number of benzene rings is 2. The number of rotatable bonds is 3. The van der Waals surface area contributed by atoms with E-state index in [1.807, 2.05) is 0 Å². The Morgan fingerprint density at radius 2 is 1.86 bits per heavy atom. The maximum absolute atomic E-state index is 13.1. The number of ether oxygens (including phenoxy) is 2. The Morgan fingerprint density at radius 3 is 2.57 bits per heavy atom. The van der Waals surface area contributed by atoms with Gasteiger partial charge in [-0.1, -0.05) is 0 Å². The molecule has 7 nitrogen and oxygen atoms in total. The van der Waals surface area contributed by atoms with Gasteiger partial charge in [-0.15, -0.1) is 0 Å². The van der Waals surface area contributed by atoms with Gasteiger partial charge in [-0.3, -0.25) is 4.79 Å². The summed E-state index contributed by atoms with van der Waals surface area (Å²) in [7, 11) is 0. The van der Waals surface area contributed by atoms with Gasteiger partial charge in [0.2, 0.25) is 0 Å². The van der Waals surface area contributed by atoms with Gasteiger partial charge in [0.25, 0.3) is 5.91 Å². The van der Waals surface area contributed by atoms with Crippen molar-refractivity contribution in [1.82, 2.24) is 14.8 Å². The summed E-state index contributed by atoms with van der Waals surface area (Å²) < 4.78 is 51.4. The number of nitrogens with zero attached hydrogens (tertiary/aromatic N) is 3. The van der Waals surface area contributed by atoms with Crippen LogP contribution in [0.25, 0.3) is 5.69 Å². The summed E-state index contributed by atoms with van der Waals surface area (Å²) in [6, 6.07) is 7.55. The van der Waals surface area contributed by atoms with Crippen LogP contribution >= 0.6 is 0 Å². The molecule has 28 heavy (non-hydrogen) atoms. The monoisotopic (exact) mass is 390 g/mol. The van der Waals surface area contributed by atoms with Gasteiger partial charge in [0.15, 0.2) is 11.5 Å². The van der Waals surface area contributed by atoms with Crippen LogP contribution in [0.2, 0.25) is 0 Å². The standard InChI is InChI=1S/C18H13F3N4O3/c19-18(20,21)12-2-3-14(25-10-22-9-23-25)13(8-12)24-17(26)11-1-4-15-16(7-11)28-6-5-27-15/h1-4,7-10H,5-6H2,(H,24,26). The van der Waals surface area contributed by atoms with Crippen LogP contribution in [0.15, 0.2) is 49.1 Å². The highest BCUT2D eigenvalue weighted by atomic mass is 19.4. The lowest BCUT2D eigenvalue weighted by Gasteiger charge is -2.19. The van der Waals surface area contributed by atoms with Crippen LogP contribution in [0.3, 0.4) is 0 Å². The lowest BCUT2D eigenvalue weighted by Crippen LogP contribution is -2.18. The van der Waals surface area contributed by atoms with E-state index in [4.69, 9.17) is 9.47 Å². The van der Waals surface area contributed by atoms with Crippen LogP contribution in [-0.2, 0) is 6.18 Å². The first-order valence-corrected chi connectivity index (χ1v) is 8.19. The molecule has 0 saturated carbocycles. The molecule has 0 unspecified atom stereocenters. The molecule has 2 aromatic carbocycles. The fourth-order valence-electron chi connectivity index (χ4n) is 2.72. The molecule has 0 atom stereocenters. The normalized spacial score (nSPS) is 13.2. The maximum atomic E-state index is 13.1. The quantitative estimate of drug-likeness (QED) is 0.743. The van der Waals surface area contributed by atoms with Gasteiger partial charge in [-0.05, 0) is 36.4 Å². The first kappa shape index (κ1) is 17.8. The fourth-order valence-corrected chi connectivity index (χ4v) is 2.72. The lowest BCUT2D eigenvalue weighted by molar-refractivity contribution is -0.137. The number of carbonyl (C=O) groups excluding carboxylic acids is 1. The zero-order chi connectivity index (χ0) is 19.7. The molecule has 0 fully saturated rings. The van der Waals surface area contributed by atoms with E-state index in [0.717, 1.165) is 12.1 Å². The number of nitrogens with one attached hydrogen (secondary N) is 1. The average molecular weight is 390 g/mol. The molecule has 1 amide bonds. The molecule has 0 aliphatic carbocycles. The molecule has 0 radical (unpaired) electrons. The number of halogens is 3. The molecule has 0 spiro atoms. The predicted molar refractivity (Wildman–Crippen MR) is 91.7 cm³/mol. The Morgan fingerprint density at radius 1 is 1.07 bits per heavy atom. The number of anilines is 1. The summed E-state index contributed by atoms with van der Waals surface area (Å²) in [5.41, 5.74) is -0.489. The van der Waals surface area contributed by atoms with Gasteiger partial charge >= 0.3 is 6.18 Å². The van der Waals surface area contributed by atoms with E-state index in [9.17, 15) is 18.0 Å². The van der Waals surface area contributed by atoms with Crippen molar-refractivity contribution in [1.29, 1.82) is 0 Å². The summed E-state index contributed by atoms with van der Waals surface area (Å²) in [5, 5.41) is 6.42. The van der Waals surface area contributed by atoms with Crippen molar-refractivity contribution in [2.75, 3.05) is 18.5 Å². The Balaban J connectivity index is 1.68. The zero-order valence-electron chi connectivity index (χ0n) is 14.2. The summed E-state index contributed by atoms with van der Waals surface area (Å²) in [4.78, 5) is 16.4. The van der Waals surface area contributed by atoms with E-state index < -0.39 is 17.6 Å². The molecule has 4 rings (SSSR count). The first-order valence-electron chi connectivity index (χ1n) is 8.19. The topological polar surface area (TPSA) is 78.3 Å². The van der Waals surface area contributed by atoms with Gasteiger partial charge in [0.1, 0.15) is 25.9 Å². The number of hydrogen-bond donors (Lipinski definition) is 1. The van der Waals surface area contributed by atoms with Crippen LogP contribution < -0.4 is 14.8 Å². The van der Waals surface area contributed by atoms with E-state index in [-0.39, 0.29) is 16.9 Å². The minimum atomic E-state index is -4.56. The molecular weight excluding hydrogens is 377 g/mol. The van der Waals surface area contributed by atoms with Crippen molar-refractivity contribution in [2.24, 2.45) is 0 Å². The van der Waals surface area contributed by atoms with Crippen molar-refractivity contribution >= 4 is 11.6 Å². The molecule has 144 valence electrons. The third-order valence-electron chi connectivity index (χ3n) is 4.04.